The van der Waals surface area contributed by atoms with Crippen molar-refractivity contribution in [3.05, 3.63) is 54.1 Å². The van der Waals surface area contributed by atoms with Gasteiger partial charge in [-0.3, -0.25) is 4.79 Å². The number of aromatic nitrogens is 2. The van der Waals surface area contributed by atoms with Crippen molar-refractivity contribution in [2.24, 2.45) is 5.73 Å². The van der Waals surface area contributed by atoms with E-state index in [4.69, 9.17) is 5.73 Å². The van der Waals surface area contributed by atoms with E-state index in [-0.39, 0.29) is 30.7 Å². The number of halogens is 2. The number of nitrogens with zero attached hydrogens (tertiary/aromatic N) is 2. The average Bonchev–Trinajstić information content (AvgIpc) is 3.07. The van der Waals surface area contributed by atoms with Gasteiger partial charge in [-0.1, -0.05) is 43.5 Å². The van der Waals surface area contributed by atoms with E-state index >= 15 is 0 Å². The van der Waals surface area contributed by atoms with Crippen LogP contribution in [0, 0.1) is 0 Å². The summed E-state index contributed by atoms with van der Waals surface area (Å²) in [4.78, 5) is 16.4. The third-order valence-electron chi connectivity index (χ3n) is 4.60. The highest BCUT2D eigenvalue weighted by atomic mass is 35.5. The molecule has 0 bridgehead atoms. The van der Waals surface area contributed by atoms with Crippen LogP contribution in [0.1, 0.15) is 43.2 Å². The van der Waals surface area contributed by atoms with Gasteiger partial charge >= 0.3 is 0 Å². The molecule has 138 valence electrons. The van der Waals surface area contributed by atoms with Crippen LogP contribution in [0.15, 0.2) is 43.0 Å². The van der Waals surface area contributed by atoms with Crippen LogP contribution < -0.4 is 11.1 Å². The summed E-state index contributed by atoms with van der Waals surface area (Å²) in [7, 11) is 0. The molecule has 1 saturated carbocycles. The molecule has 1 heterocycles. The fourth-order valence-corrected chi connectivity index (χ4v) is 3.12. The van der Waals surface area contributed by atoms with Crippen LogP contribution in [0.4, 0.5) is 0 Å². The zero-order chi connectivity index (χ0) is 16.1. The Bertz CT molecular complexity index is 638. The molecule has 3 rings (SSSR count). The first-order valence-corrected chi connectivity index (χ1v) is 8.26. The monoisotopic (exact) mass is 384 g/mol. The molecule has 0 atom stereocenters. The molecule has 7 heteroatoms. The Morgan fingerprint density at radius 2 is 1.76 bits per heavy atom. The molecule has 1 amide bonds. The predicted molar refractivity (Wildman–Crippen MR) is 104 cm³/mol. The third-order valence-corrected chi connectivity index (χ3v) is 4.60. The highest BCUT2D eigenvalue weighted by Gasteiger charge is 2.34. The minimum atomic E-state index is -0.667. The van der Waals surface area contributed by atoms with Crippen molar-refractivity contribution in [3.63, 3.8) is 0 Å². The molecule has 25 heavy (non-hydrogen) atoms. The number of nitrogens with two attached hydrogens (primary N) is 1. The molecule has 0 spiro atoms. The minimum absolute atomic E-state index is 0. The number of imidazole rings is 1. The molecule has 3 N–H and O–H groups in total. The smallest absolute Gasteiger partial charge is 0.240 e. The molecule has 5 nitrogen and oxygen atoms in total. The first-order chi connectivity index (χ1) is 11.2. The predicted octanol–water partition coefficient (Wildman–Crippen LogP) is 3.05. The van der Waals surface area contributed by atoms with E-state index in [1.807, 2.05) is 10.8 Å². The molecule has 0 radical (unpaired) electrons. The molecular formula is C18H26Cl2N4O. The topological polar surface area (TPSA) is 72.9 Å². The molecule has 1 aliphatic carbocycles. The maximum Gasteiger partial charge on any atom is 0.240 e. The number of rotatable bonds is 5. The standard InChI is InChI=1S/C18H24N4O.2ClH/c19-18(8-2-1-3-9-18)17(23)21-12-15-4-6-16(7-5-15)13-22-11-10-20-14-22;;/h4-7,10-11,14H,1-3,8-9,12-13,19H2,(H,21,23);2*1H. The Hall–Kier alpha value is -1.56. The minimum Gasteiger partial charge on any atom is -0.350 e. The van der Waals surface area contributed by atoms with Gasteiger partial charge in [-0.2, -0.15) is 0 Å². The van der Waals surface area contributed by atoms with E-state index in [1.165, 1.54) is 12.0 Å². The zero-order valence-corrected chi connectivity index (χ0v) is 15.8. The second kappa shape index (κ2) is 9.80. The maximum atomic E-state index is 12.3. The van der Waals surface area contributed by atoms with Gasteiger partial charge in [0.2, 0.25) is 5.91 Å². The van der Waals surface area contributed by atoms with Crippen LogP contribution in [-0.4, -0.2) is 21.0 Å². The average molecular weight is 385 g/mol. The highest BCUT2D eigenvalue weighted by Crippen LogP contribution is 2.26. The lowest BCUT2D eigenvalue weighted by molar-refractivity contribution is -0.127. The molecule has 0 unspecified atom stereocenters. The van der Waals surface area contributed by atoms with Crippen LogP contribution in [-0.2, 0) is 17.9 Å². The van der Waals surface area contributed by atoms with Crippen molar-refractivity contribution in [2.75, 3.05) is 0 Å². The SMILES string of the molecule is Cl.Cl.NC1(C(=O)NCc2ccc(Cn3ccnc3)cc2)CCCCC1. The van der Waals surface area contributed by atoms with Crippen LogP contribution >= 0.6 is 24.8 Å². The summed E-state index contributed by atoms with van der Waals surface area (Å²) in [5, 5.41) is 3.00. The fourth-order valence-electron chi connectivity index (χ4n) is 3.12. The van der Waals surface area contributed by atoms with Crippen molar-refractivity contribution in [1.82, 2.24) is 14.9 Å². The number of benzene rings is 1. The first kappa shape index (κ1) is 21.5. The number of hydrogen-bond donors (Lipinski definition) is 2. The Morgan fingerprint density at radius 1 is 1.12 bits per heavy atom. The van der Waals surface area contributed by atoms with Gasteiger partial charge in [-0.15, -0.1) is 24.8 Å². The second-order valence-electron chi connectivity index (χ2n) is 6.45. The van der Waals surface area contributed by atoms with E-state index in [2.05, 4.69) is 34.6 Å². The quantitative estimate of drug-likeness (QED) is 0.831. The summed E-state index contributed by atoms with van der Waals surface area (Å²) < 4.78 is 2.03. The Morgan fingerprint density at radius 3 is 2.36 bits per heavy atom. The maximum absolute atomic E-state index is 12.3. The molecular weight excluding hydrogens is 359 g/mol. The van der Waals surface area contributed by atoms with Crippen molar-refractivity contribution in [1.29, 1.82) is 0 Å². The van der Waals surface area contributed by atoms with Crippen LogP contribution in [0.2, 0.25) is 0 Å². The van der Waals surface area contributed by atoms with Crippen molar-refractivity contribution < 1.29 is 4.79 Å². The lowest BCUT2D eigenvalue weighted by Gasteiger charge is -2.31. The van der Waals surface area contributed by atoms with Gasteiger partial charge in [0, 0.05) is 25.5 Å². The lowest BCUT2D eigenvalue weighted by Crippen LogP contribution is -2.54. The number of hydrogen-bond acceptors (Lipinski definition) is 3. The second-order valence-corrected chi connectivity index (χ2v) is 6.45. The molecule has 1 fully saturated rings. The van der Waals surface area contributed by atoms with Crippen molar-refractivity contribution in [2.45, 2.75) is 50.7 Å². The van der Waals surface area contributed by atoms with Crippen molar-refractivity contribution in [3.8, 4) is 0 Å². The zero-order valence-electron chi connectivity index (χ0n) is 14.2. The number of carbonyl (C=O) groups excluding carboxylic acids is 1. The first-order valence-electron chi connectivity index (χ1n) is 8.26. The Kier molecular flexibility index (Phi) is 8.42. The summed E-state index contributed by atoms with van der Waals surface area (Å²) in [5.74, 6) is -0.0142. The van der Waals surface area contributed by atoms with E-state index < -0.39 is 5.54 Å². The Labute approximate surface area is 161 Å². The molecule has 0 saturated heterocycles. The van der Waals surface area contributed by atoms with Gasteiger partial charge in [-0.25, -0.2) is 4.98 Å². The Balaban J connectivity index is 0.00000156. The van der Waals surface area contributed by atoms with Crippen LogP contribution in [0.3, 0.4) is 0 Å². The summed E-state index contributed by atoms with van der Waals surface area (Å²) >= 11 is 0. The normalized spacial score (nSPS) is 15.6. The van der Waals surface area contributed by atoms with Gasteiger partial charge in [0.15, 0.2) is 0 Å². The largest absolute Gasteiger partial charge is 0.350 e. The molecule has 1 aromatic carbocycles. The van der Waals surface area contributed by atoms with Gasteiger partial charge in [-0.05, 0) is 24.0 Å². The van der Waals surface area contributed by atoms with E-state index in [9.17, 15) is 4.79 Å². The van der Waals surface area contributed by atoms with Gasteiger partial charge in [0.05, 0.1) is 11.9 Å². The van der Waals surface area contributed by atoms with E-state index in [1.54, 1.807) is 12.5 Å². The van der Waals surface area contributed by atoms with Crippen molar-refractivity contribution >= 4 is 30.7 Å². The van der Waals surface area contributed by atoms with Gasteiger partial charge in [0.25, 0.3) is 0 Å². The van der Waals surface area contributed by atoms with E-state index in [0.717, 1.165) is 37.8 Å². The molecule has 2 aromatic rings. The summed E-state index contributed by atoms with van der Waals surface area (Å²) in [6, 6.07) is 8.27. The molecule has 0 aliphatic heterocycles. The summed E-state index contributed by atoms with van der Waals surface area (Å²) in [6.45, 7) is 1.34. The lowest BCUT2D eigenvalue weighted by atomic mass is 9.82. The summed E-state index contributed by atoms with van der Waals surface area (Å²) in [5.41, 5.74) is 7.88. The van der Waals surface area contributed by atoms with Crippen LogP contribution in [0.25, 0.3) is 0 Å². The highest BCUT2D eigenvalue weighted by molar-refractivity contribution is 5.86. The summed E-state index contributed by atoms with van der Waals surface area (Å²) in [6.07, 6.45) is 10.4. The van der Waals surface area contributed by atoms with Gasteiger partial charge < -0.3 is 15.6 Å². The fraction of sp³-hybridized carbons (Fsp3) is 0.444. The van der Waals surface area contributed by atoms with Crippen LogP contribution in [0.5, 0.6) is 0 Å². The number of carbonyl (C=O) groups is 1. The number of nitrogens with one attached hydrogen (secondary N) is 1. The molecule has 1 aliphatic rings. The van der Waals surface area contributed by atoms with E-state index in [0.29, 0.717) is 6.54 Å². The number of amides is 1. The third kappa shape index (κ3) is 5.73. The molecule has 1 aromatic heterocycles. The van der Waals surface area contributed by atoms with Gasteiger partial charge in [0.1, 0.15) is 0 Å².